The van der Waals surface area contributed by atoms with Crippen molar-refractivity contribution in [3.63, 3.8) is 0 Å². The van der Waals surface area contributed by atoms with Crippen LogP contribution in [-0.4, -0.2) is 28.9 Å². The number of nitrogens with zero attached hydrogens (tertiary/aromatic N) is 2. The van der Waals surface area contributed by atoms with Gasteiger partial charge in [0.25, 0.3) is 0 Å². The van der Waals surface area contributed by atoms with Gasteiger partial charge in [-0.15, -0.1) is 22.9 Å². The molecule has 0 radical (unpaired) electrons. The van der Waals surface area contributed by atoms with Crippen LogP contribution in [0, 0.1) is 13.8 Å². The largest absolute Gasteiger partial charge is 0.295 e. The number of alkyl halides is 1. The van der Waals surface area contributed by atoms with Crippen LogP contribution in [0.2, 0.25) is 0 Å². The van der Waals surface area contributed by atoms with Crippen molar-refractivity contribution in [2.24, 2.45) is 0 Å². The molecule has 0 atom stereocenters. The van der Waals surface area contributed by atoms with Crippen molar-refractivity contribution in [3.8, 4) is 0 Å². The van der Waals surface area contributed by atoms with Crippen LogP contribution in [0.25, 0.3) is 0 Å². The quantitative estimate of drug-likeness (QED) is 0.717. The minimum absolute atomic E-state index is 0.698. The smallest absolute Gasteiger partial charge is 0.107 e. The molecule has 0 fully saturated rings. The number of halogens is 1. The van der Waals surface area contributed by atoms with E-state index < -0.39 is 0 Å². The van der Waals surface area contributed by atoms with Crippen LogP contribution in [0.4, 0.5) is 0 Å². The van der Waals surface area contributed by atoms with Gasteiger partial charge in [-0.2, -0.15) is 0 Å². The Morgan fingerprint density at radius 1 is 1.33 bits per heavy atom. The summed E-state index contributed by atoms with van der Waals surface area (Å²) in [4.78, 5) is 8.24. The maximum Gasteiger partial charge on any atom is 0.107 e. The fraction of sp³-hybridized carbons (Fsp3) is 0.727. The topological polar surface area (TPSA) is 16.1 Å². The third kappa shape index (κ3) is 4.09. The summed E-state index contributed by atoms with van der Waals surface area (Å²) in [5, 5.41) is 1.21. The fourth-order valence-corrected chi connectivity index (χ4v) is 2.72. The first kappa shape index (κ1) is 12.9. The van der Waals surface area contributed by atoms with E-state index in [1.165, 1.54) is 16.3 Å². The molecule has 86 valence electrons. The molecule has 0 aromatic carbocycles. The molecule has 0 amide bonds. The van der Waals surface area contributed by atoms with Crippen LogP contribution in [0.3, 0.4) is 0 Å². The zero-order valence-corrected chi connectivity index (χ0v) is 11.3. The van der Waals surface area contributed by atoms with Gasteiger partial charge < -0.3 is 0 Å². The second-order valence-corrected chi connectivity index (χ2v) is 5.38. The Labute approximate surface area is 101 Å². The molecule has 0 aliphatic rings. The first-order chi connectivity index (χ1) is 7.17. The summed E-state index contributed by atoms with van der Waals surface area (Å²) < 4.78 is 0. The molecule has 0 aliphatic heterocycles. The molecule has 1 aromatic heterocycles. The molecule has 0 spiro atoms. The maximum absolute atomic E-state index is 5.78. The Morgan fingerprint density at radius 2 is 2.07 bits per heavy atom. The number of hydrogen-bond acceptors (Lipinski definition) is 3. The van der Waals surface area contributed by atoms with Crippen LogP contribution in [0.15, 0.2) is 0 Å². The highest BCUT2D eigenvalue weighted by Crippen LogP contribution is 2.18. The standard InChI is InChI=1S/C11H19ClN2S/c1-4-6-14(7-5-12)8-11-13-9(2)10(3)15-11/h4-8H2,1-3H3. The number of hydrogen-bond donors (Lipinski definition) is 0. The van der Waals surface area contributed by atoms with Crippen molar-refractivity contribution in [1.82, 2.24) is 9.88 Å². The highest BCUT2D eigenvalue weighted by atomic mass is 35.5. The highest BCUT2D eigenvalue weighted by Gasteiger charge is 2.08. The van der Waals surface area contributed by atoms with Crippen LogP contribution in [-0.2, 0) is 6.54 Å². The predicted octanol–water partition coefficient (Wildman–Crippen LogP) is 3.21. The summed E-state index contributed by atoms with van der Waals surface area (Å²) in [7, 11) is 0. The second-order valence-electron chi connectivity index (χ2n) is 3.71. The molecule has 0 N–H and O–H groups in total. The Bertz CT molecular complexity index is 273. The number of rotatable bonds is 6. The van der Waals surface area contributed by atoms with E-state index >= 15 is 0 Å². The lowest BCUT2D eigenvalue weighted by Gasteiger charge is -2.18. The van der Waals surface area contributed by atoms with E-state index in [0.717, 1.165) is 25.3 Å². The van der Waals surface area contributed by atoms with Crippen LogP contribution in [0.1, 0.15) is 28.9 Å². The molecule has 15 heavy (non-hydrogen) atoms. The van der Waals surface area contributed by atoms with Gasteiger partial charge >= 0.3 is 0 Å². The van der Waals surface area contributed by atoms with Gasteiger partial charge in [0.15, 0.2) is 0 Å². The van der Waals surface area contributed by atoms with E-state index in [-0.39, 0.29) is 0 Å². The van der Waals surface area contributed by atoms with Crippen LogP contribution in [0.5, 0.6) is 0 Å². The molecular weight excluding hydrogens is 228 g/mol. The molecule has 1 rings (SSSR count). The van der Waals surface area contributed by atoms with Gasteiger partial charge in [-0.1, -0.05) is 6.92 Å². The Balaban J connectivity index is 2.56. The minimum atomic E-state index is 0.698. The molecule has 4 heteroatoms. The van der Waals surface area contributed by atoms with Gasteiger partial charge in [-0.25, -0.2) is 4.98 Å². The SMILES string of the molecule is CCCN(CCCl)Cc1nc(C)c(C)s1. The lowest BCUT2D eigenvalue weighted by molar-refractivity contribution is 0.282. The summed E-state index contributed by atoms with van der Waals surface area (Å²) >= 11 is 7.57. The van der Waals surface area contributed by atoms with E-state index in [1.807, 2.05) is 0 Å². The Hall–Kier alpha value is -0.120. The Kier molecular flexibility index (Phi) is 5.58. The molecular formula is C11H19ClN2S. The summed E-state index contributed by atoms with van der Waals surface area (Å²) in [5.74, 6) is 0.698. The predicted molar refractivity (Wildman–Crippen MR) is 67.9 cm³/mol. The number of aryl methyl sites for hydroxylation is 2. The maximum atomic E-state index is 5.78. The van der Waals surface area contributed by atoms with Crippen molar-refractivity contribution in [3.05, 3.63) is 15.6 Å². The average molecular weight is 247 g/mol. The van der Waals surface area contributed by atoms with Crippen LogP contribution < -0.4 is 0 Å². The lowest BCUT2D eigenvalue weighted by Crippen LogP contribution is -2.26. The number of aromatic nitrogens is 1. The first-order valence-electron chi connectivity index (χ1n) is 5.38. The Morgan fingerprint density at radius 3 is 2.53 bits per heavy atom. The first-order valence-corrected chi connectivity index (χ1v) is 6.73. The van der Waals surface area contributed by atoms with E-state index in [0.29, 0.717) is 5.88 Å². The van der Waals surface area contributed by atoms with Gasteiger partial charge in [-0.3, -0.25) is 4.90 Å². The van der Waals surface area contributed by atoms with Crippen LogP contribution >= 0.6 is 22.9 Å². The molecule has 0 unspecified atom stereocenters. The molecule has 0 bridgehead atoms. The van der Waals surface area contributed by atoms with E-state index in [1.54, 1.807) is 11.3 Å². The van der Waals surface area contributed by atoms with Crippen molar-refractivity contribution in [2.45, 2.75) is 33.7 Å². The third-order valence-corrected chi connectivity index (χ3v) is 3.60. The zero-order valence-electron chi connectivity index (χ0n) is 9.72. The average Bonchev–Trinajstić information content (AvgIpc) is 2.47. The molecule has 1 aromatic rings. The molecule has 1 heterocycles. The second kappa shape index (κ2) is 6.46. The highest BCUT2D eigenvalue weighted by molar-refractivity contribution is 7.11. The zero-order chi connectivity index (χ0) is 11.3. The lowest BCUT2D eigenvalue weighted by atomic mass is 10.4. The fourth-order valence-electron chi connectivity index (χ4n) is 1.50. The van der Waals surface area contributed by atoms with Crippen molar-refractivity contribution < 1.29 is 0 Å². The molecule has 0 aliphatic carbocycles. The van der Waals surface area contributed by atoms with Gasteiger partial charge in [0, 0.05) is 17.3 Å². The summed E-state index contributed by atoms with van der Waals surface area (Å²) in [6, 6.07) is 0. The van der Waals surface area contributed by atoms with E-state index in [9.17, 15) is 0 Å². The van der Waals surface area contributed by atoms with Crippen molar-refractivity contribution >= 4 is 22.9 Å². The van der Waals surface area contributed by atoms with Gasteiger partial charge in [0.05, 0.1) is 12.2 Å². The number of thiazole rings is 1. The van der Waals surface area contributed by atoms with Gasteiger partial charge in [-0.05, 0) is 26.8 Å². The van der Waals surface area contributed by atoms with Gasteiger partial charge in [0.2, 0.25) is 0 Å². The monoisotopic (exact) mass is 246 g/mol. The van der Waals surface area contributed by atoms with E-state index in [4.69, 9.17) is 11.6 Å². The summed E-state index contributed by atoms with van der Waals surface area (Å²) in [6.07, 6.45) is 1.17. The normalized spacial score (nSPS) is 11.3. The summed E-state index contributed by atoms with van der Waals surface area (Å²) in [5.41, 5.74) is 1.16. The van der Waals surface area contributed by atoms with Gasteiger partial charge in [0.1, 0.15) is 5.01 Å². The molecule has 0 saturated heterocycles. The minimum Gasteiger partial charge on any atom is -0.295 e. The van der Waals surface area contributed by atoms with Crippen molar-refractivity contribution in [2.75, 3.05) is 19.0 Å². The summed E-state index contributed by atoms with van der Waals surface area (Å²) in [6.45, 7) is 9.39. The van der Waals surface area contributed by atoms with E-state index in [2.05, 4.69) is 30.7 Å². The molecule has 0 saturated carbocycles. The molecule has 2 nitrogen and oxygen atoms in total. The third-order valence-electron chi connectivity index (χ3n) is 2.37. The van der Waals surface area contributed by atoms with Crippen molar-refractivity contribution in [1.29, 1.82) is 0 Å².